The summed E-state index contributed by atoms with van der Waals surface area (Å²) in [4.78, 5) is 2.64. The van der Waals surface area contributed by atoms with Crippen molar-refractivity contribution in [3.8, 4) is 0 Å². The van der Waals surface area contributed by atoms with Crippen molar-refractivity contribution in [3.63, 3.8) is 0 Å². The van der Waals surface area contributed by atoms with Gasteiger partial charge in [-0.1, -0.05) is 27.7 Å². The Kier molecular flexibility index (Phi) is 5.23. The van der Waals surface area contributed by atoms with Crippen LogP contribution in [-0.2, 0) is 15.4 Å². The monoisotopic (exact) mass is 342 g/mol. The minimum absolute atomic E-state index is 0.136. The second kappa shape index (κ2) is 6.53. The van der Waals surface area contributed by atoms with E-state index in [1.54, 1.807) is 15.2 Å². The van der Waals surface area contributed by atoms with Gasteiger partial charge in [0, 0.05) is 43.8 Å². The van der Waals surface area contributed by atoms with E-state index in [0.29, 0.717) is 23.7 Å². The normalized spacial score (nSPS) is 18.7. The van der Waals surface area contributed by atoms with Gasteiger partial charge in [0.25, 0.3) is 0 Å². The van der Waals surface area contributed by atoms with Crippen LogP contribution in [0.2, 0.25) is 0 Å². The topological polar surface area (TPSA) is 58.4 Å². The molecule has 0 N–H and O–H groups in total. The lowest BCUT2D eigenvalue weighted by atomic mass is 9.92. The van der Waals surface area contributed by atoms with E-state index >= 15 is 0 Å². The molecule has 0 aromatic carbocycles. The predicted molar refractivity (Wildman–Crippen MR) is 92.2 cm³/mol. The molecule has 132 valence electrons. The zero-order chi connectivity index (χ0) is 17.4. The van der Waals surface area contributed by atoms with E-state index in [2.05, 4.69) is 16.9 Å². The first-order valence-electron chi connectivity index (χ1n) is 8.39. The quantitative estimate of drug-likeness (QED) is 0.841. The number of rotatable bonds is 4. The van der Waals surface area contributed by atoms with E-state index in [-0.39, 0.29) is 11.5 Å². The molecule has 1 fully saturated rings. The largest absolute Gasteiger partial charge is 0.301 e. The lowest BCUT2D eigenvalue weighted by molar-refractivity contribution is 0.196. The second-order valence-electron chi connectivity index (χ2n) is 7.50. The highest BCUT2D eigenvalue weighted by Gasteiger charge is 2.35. The summed E-state index contributed by atoms with van der Waals surface area (Å²) in [6.45, 7) is 15.8. The predicted octanol–water partition coefficient (Wildman–Crippen LogP) is 2.09. The van der Waals surface area contributed by atoms with E-state index < -0.39 is 10.0 Å². The van der Waals surface area contributed by atoms with Crippen LogP contribution in [0.25, 0.3) is 0 Å². The van der Waals surface area contributed by atoms with Crippen molar-refractivity contribution in [2.75, 3.05) is 32.7 Å². The summed E-state index contributed by atoms with van der Waals surface area (Å²) in [7, 11) is -3.50. The molecule has 0 radical (unpaired) electrons. The van der Waals surface area contributed by atoms with Gasteiger partial charge in [-0.25, -0.2) is 8.42 Å². The summed E-state index contributed by atoms with van der Waals surface area (Å²) < 4.78 is 29.6. The van der Waals surface area contributed by atoms with Gasteiger partial charge in [0.05, 0.1) is 5.69 Å². The maximum Gasteiger partial charge on any atom is 0.246 e. The smallest absolute Gasteiger partial charge is 0.246 e. The van der Waals surface area contributed by atoms with Gasteiger partial charge in [-0.05, 0) is 20.4 Å². The third kappa shape index (κ3) is 3.78. The average Bonchev–Trinajstić information content (AvgIpc) is 2.93. The molecule has 0 spiro atoms. The van der Waals surface area contributed by atoms with Crippen LogP contribution in [-0.4, -0.2) is 60.1 Å². The van der Waals surface area contributed by atoms with E-state index in [9.17, 15) is 8.42 Å². The zero-order valence-corrected chi connectivity index (χ0v) is 16.0. The molecule has 0 amide bonds. The third-order valence-corrected chi connectivity index (χ3v) is 6.23. The number of aromatic nitrogens is 2. The summed E-state index contributed by atoms with van der Waals surface area (Å²) in [6, 6.07) is 0.136. The molecule has 1 aliphatic rings. The summed E-state index contributed by atoms with van der Waals surface area (Å²) >= 11 is 0. The molecule has 1 aliphatic heterocycles. The van der Waals surface area contributed by atoms with Crippen LogP contribution in [0, 0.1) is 0 Å². The van der Waals surface area contributed by atoms with Gasteiger partial charge in [0.1, 0.15) is 4.90 Å². The van der Waals surface area contributed by atoms with Gasteiger partial charge in [0.15, 0.2) is 0 Å². The number of sulfonamides is 1. The van der Waals surface area contributed by atoms with E-state index in [4.69, 9.17) is 0 Å². The number of hydrogen-bond donors (Lipinski definition) is 0. The number of nitrogens with zero attached hydrogens (tertiary/aromatic N) is 4. The molecule has 23 heavy (non-hydrogen) atoms. The summed E-state index contributed by atoms with van der Waals surface area (Å²) in [6.07, 6.45) is 1.70. The molecule has 7 heteroatoms. The van der Waals surface area contributed by atoms with Crippen molar-refractivity contribution in [1.82, 2.24) is 19.0 Å². The molecule has 0 aliphatic carbocycles. The van der Waals surface area contributed by atoms with Gasteiger partial charge in [-0.3, -0.25) is 4.68 Å². The third-order valence-electron chi connectivity index (χ3n) is 4.33. The molecular formula is C16H30N4O2S. The molecule has 1 aromatic rings. The fourth-order valence-corrected chi connectivity index (χ4v) is 4.53. The second-order valence-corrected chi connectivity index (χ2v) is 9.41. The highest BCUT2D eigenvalue weighted by atomic mass is 32.2. The maximum absolute atomic E-state index is 13.1. The highest BCUT2D eigenvalue weighted by molar-refractivity contribution is 7.89. The lowest BCUT2D eigenvalue weighted by Gasteiger charge is -2.33. The Morgan fingerprint density at radius 2 is 1.74 bits per heavy atom. The van der Waals surface area contributed by atoms with Gasteiger partial charge in [-0.2, -0.15) is 9.40 Å². The Bertz CT molecular complexity index is 636. The first kappa shape index (κ1) is 18.4. The van der Waals surface area contributed by atoms with Gasteiger partial charge in [-0.15, -0.1) is 0 Å². The van der Waals surface area contributed by atoms with Crippen LogP contribution in [0.1, 0.15) is 53.3 Å². The van der Waals surface area contributed by atoms with Crippen molar-refractivity contribution in [2.24, 2.45) is 0 Å². The Labute approximate surface area is 140 Å². The van der Waals surface area contributed by atoms with Crippen LogP contribution in [0.15, 0.2) is 11.1 Å². The SMILES string of the molecule is CCN1CCN(S(=O)(=O)c2cn(C(C)C)nc2C(C)(C)C)CC1. The summed E-state index contributed by atoms with van der Waals surface area (Å²) in [5, 5.41) is 4.57. The van der Waals surface area contributed by atoms with Crippen molar-refractivity contribution in [3.05, 3.63) is 11.9 Å². The molecule has 0 saturated carbocycles. The van der Waals surface area contributed by atoms with Gasteiger partial charge < -0.3 is 4.90 Å². The molecule has 0 bridgehead atoms. The number of piperazine rings is 1. The van der Waals surface area contributed by atoms with Crippen LogP contribution in [0.5, 0.6) is 0 Å². The van der Waals surface area contributed by atoms with Crippen molar-refractivity contribution < 1.29 is 8.42 Å². The summed E-state index contributed by atoms with van der Waals surface area (Å²) in [5.74, 6) is 0. The van der Waals surface area contributed by atoms with Crippen LogP contribution in [0.4, 0.5) is 0 Å². The molecule has 1 aromatic heterocycles. The molecule has 6 nitrogen and oxygen atoms in total. The molecule has 1 saturated heterocycles. The zero-order valence-electron chi connectivity index (χ0n) is 15.2. The molecule has 0 unspecified atom stereocenters. The Morgan fingerprint density at radius 1 is 1.17 bits per heavy atom. The minimum atomic E-state index is -3.50. The van der Waals surface area contributed by atoms with Crippen molar-refractivity contribution in [2.45, 2.75) is 57.9 Å². The van der Waals surface area contributed by atoms with Crippen molar-refractivity contribution >= 4 is 10.0 Å². The Balaban J connectivity index is 2.39. The molecular weight excluding hydrogens is 312 g/mol. The highest BCUT2D eigenvalue weighted by Crippen LogP contribution is 2.30. The van der Waals surface area contributed by atoms with Crippen molar-refractivity contribution in [1.29, 1.82) is 0 Å². The van der Waals surface area contributed by atoms with Gasteiger partial charge in [0.2, 0.25) is 10.0 Å². The fraction of sp³-hybridized carbons (Fsp3) is 0.812. The average molecular weight is 343 g/mol. The number of hydrogen-bond acceptors (Lipinski definition) is 4. The maximum atomic E-state index is 13.1. The molecule has 2 rings (SSSR count). The Morgan fingerprint density at radius 3 is 2.17 bits per heavy atom. The first-order valence-corrected chi connectivity index (χ1v) is 9.83. The van der Waals surface area contributed by atoms with Crippen LogP contribution < -0.4 is 0 Å². The minimum Gasteiger partial charge on any atom is -0.301 e. The van der Waals surface area contributed by atoms with E-state index in [1.807, 2.05) is 34.6 Å². The van der Waals surface area contributed by atoms with E-state index in [1.165, 1.54) is 0 Å². The number of likely N-dealkylation sites (N-methyl/N-ethyl adjacent to an activating group) is 1. The van der Waals surface area contributed by atoms with Crippen LogP contribution >= 0.6 is 0 Å². The molecule has 0 atom stereocenters. The van der Waals surface area contributed by atoms with Crippen LogP contribution in [0.3, 0.4) is 0 Å². The van der Waals surface area contributed by atoms with Gasteiger partial charge >= 0.3 is 0 Å². The van der Waals surface area contributed by atoms with E-state index in [0.717, 1.165) is 19.6 Å². The standard InChI is InChI=1S/C16H30N4O2S/c1-7-18-8-10-19(11-9-18)23(21,22)14-12-20(13(2)3)17-15(14)16(4,5)6/h12-13H,7-11H2,1-6H3. The summed E-state index contributed by atoms with van der Waals surface area (Å²) in [5.41, 5.74) is 0.345. The lowest BCUT2D eigenvalue weighted by Crippen LogP contribution is -2.48. The molecule has 2 heterocycles. The first-order chi connectivity index (χ1) is 10.6. The fourth-order valence-electron chi connectivity index (χ4n) is 2.77. The Hall–Kier alpha value is -0.920.